The van der Waals surface area contributed by atoms with Gasteiger partial charge in [0, 0.05) is 19.6 Å². The van der Waals surface area contributed by atoms with Gasteiger partial charge in [-0.05, 0) is 12.5 Å². The van der Waals surface area contributed by atoms with Crippen molar-refractivity contribution in [3.05, 3.63) is 35.9 Å². The summed E-state index contributed by atoms with van der Waals surface area (Å²) in [6, 6.07) is 9.48. The van der Waals surface area contributed by atoms with Gasteiger partial charge in [0.15, 0.2) is 0 Å². The van der Waals surface area contributed by atoms with Gasteiger partial charge in [-0.1, -0.05) is 30.3 Å². The Hall–Kier alpha value is -1.63. The number of benzene rings is 1. The monoisotopic (exact) mass is 308 g/mol. The summed E-state index contributed by atoms with van der Waals surface area (Å²) in [6.07, 6.45) is -0.522. The quantitative estimate of drug-likeness (QED) is 0.820. The van der Waals surface area contributed by atoms with Gasteiger partial charge in [0.25, 0.3) is 0 Å². The minimum absolute atomic E-state index is 0.151. The van der Waals surface area contributed by atoms with E-state index in [9.17, 15) is 9.90 Å². The summed E-state index contributed by atoms with van der Waals surface area (Å²) in [5.74, 6) is 0. The van der Waals surface area contributed by atoms with Crippen LogP contribution in [0.1, 0.15) is 12.5 Å². The number of hydrogen-bond donors (Lipinski definition) is 2. The average molecular weight is 308 g/mol. The number of aliphatic hydroxyl groups is 1. The predicted molar refractivity (Wildman–Crippen MR) is 82.5 cm³/mol. The molecule has 0 bridgehead atoms. The largest absolute Gasteiger partial charge is 0.445 e. The van der Waals surface area contributed by atoms with Crippen molar-refractivity contribution in [1.82, 2.24) is 10.2 Å². The Balaban J connectivity index is 1.67. The van der Waals surface area contributed by atoms with Crippen LogP contribution in [-0.4, -0.2) is 61.1 Å². The molecule has 1 aliphatic heterocycles. The summed E-state index contributed by atoms with van der Waals surface area (Å²) in [5, 5.41) is 13.0. The molecule has 1 atom stereocenters. The standard InChI is InChI=1S/C16H24N2O4/c1-16(20,13-18-7-9-21-10-8-18)12-17-15(19)22-11-14-5-3-2-4-6-14/h2-6,20H,7-13H2,1H3,(H,17,19). The molecule has 22 heavy (non-hydrogen) atoms. The minimum Gasteiger partial charge on any atom is -0.445 e. The van der Waals surface area contributed by atoms with Gasteiger partial charge < -0.3 is 19.9 Å². The molecule has 2 rings (SSSR count). The van der Waals surface area contributed by atoms with Crippen molar-refractivity contribution in [3.63, 3.8) is 0 Å². The van der Waals surface area contributed by atoms with Crippen molar-refractivity contribution in [2.24, 2.45) is 0 Å². The Morgan fingerprint density at radius 3 is 2.73 bits per heavy atom. The van der Waals surface area contributed by atoms with Crippen molar-refractivity contribution >= 4 is 6.09 Å². The molecule has 1 heterocycles. The third kappa shape index (κ3) is 6.01. The highest BCUT2D eigenvalue weighted by Crippen LogP contribution is 2.08. The highest BCUT2D eigenvalue weighted by molar-refractivity contribution is 5.67. The van der Waals surface area contributed by atoms with E-state index in [4.69, 9.17) is 9.47 Å². The average Bonchev–Trinajstić information content (AvgIpc) is 2.53. The van der Waals surface area contributed by atoms with Gasteiger partial charge in [0.1, 0.15) is 6.61 Å². The maximum Gasteiger partial charge on any atom is 0.407 e. The molecule has 1 aliphatic rings. The minimum atomic E-state index is -0.997. The van der Waals surface area contributed by atoms with E-state index >= 15 is 0 Å². The van der Waals surface area contributed by atoms with Crippen LogP contribution in [-0.2, 0) is 16.1 Å². The first-order valence-electron chi connectivity index (χ1n) is 7.52. The molecule has 1 aromatic carbocycles. The highest BCUT2D eigenvalue weighted by Gasteiger charge is 2.26. The van der Waals surface area contributed by atoms with Crippen LogP contribution in [0.15, 0.2) is 30.3 Å². The van der Waals surface area contributed by atoms with Crippen molar-refractivity contribution in [2.75, 3.05) is 39.4 Å². The molecule has 1 aromatic rings. The normalized spacial score (nSPS) is 18.5. The number of nitrogens with zero attached hydrogens (tertiary/aromatic N) is 1. The third-order valence-electron chi connectivity index (χ3n) is 3.49. The van der Waals surface area contributed by atoms with Gasteiger partial charge in [-0.15, -0.1) is 0 Å². The lowest BCUT2D eigenvalue weighted by molar-refractivity contribution is -0.0218. The van der Waals surface area contributed by atoms with E-state index < -0.39 is 11.7 Å². The molecular weight excluding hydrogens is 284 g/mol. The first-order valence-corrected chi connectivity index (χ1v) is 7.52. The van der Waals surface area contributed by atoms with Crippen LogP contribution in [0.2, 0.25) is 0 Å². The number of ether oxygens (including phenoxy) is 2. The van der Waals surface area contributed by atoms with Crippen LogP contribution in [0.25, 0.3) is 0 Å². The molecule has 1 amide bonds. The molecule has 1 saturated heterocycles. The van der Waals surface area contributed by atoms with Crippen LogP contribution in [0.4, 0.5) is 4.79 Å². The maximum atomic E-state index is 11.7. The Morgan fingerprint density at radius 1 is 1.36 bits per heavy atom. The van der Waals surface area contributed by atoms with E-state index in [1.165, 1.54) is 0 Å². The third-order valence-corrected chi connectivity index (χ3v) is 3.49. The molecule has 6 heteroatoms. The SMILES string of the molecule is CC(O)(CNC(=O)OCc1ccccc1)CN1CCOCC1. The smallest absolute Gasteiger partial charge is 0.407 e. The number of carbonyl (C=O) groups is 1. The van der Waals surface area contributed by atoms with Gasteiger partial charge in [-0.3, -0.25) is 4.90 Å². The Morgan fingerprint density at radius 2 is 2.05 bits per heavy atom. The van der Waals surface area contributed by atoms with Crippen LogP contribution >= 0.6 is 0 Å². The summed E-state index contributed by atoms with van der Waals surface area (Å²) >= 11 is 0. The summed E-state index contributed by atoms with van der Waals surface area (Å²) in [4.78, 5) is 13.8. The molecule has 1 unspecified atom stereocenters. The van der Waals surface area contributed by atoms with E-state index in [1.807, 2.05) is 30.3 Å². The van der Waals surface area contributed by atoms with Crippen LogP contribution in [0.5, 0.6) is 0 Å². The molecule has 0 aromatic heterocycles. The molecule has 0 saturated carbocycles. The summed E-state index contributed by atoms with van der Waals surface area (Å²) in [6.45, 7) is 5.54. The van der Waals surface area contributed by atoms with Crippen molar-refractivity contribution in [3.8, 4) is 0 Å². The lowest BCUT2D eigenvalue weighted by Gasteiger charge is -2.33. The lowest BCUT2D eigenvalue weighted by Crippen LogP contribution is -2.51. The number of alkyl carbamates (subject to hydrolysis) is 1. The number of amides is 1. The number of rotatable bonds is 6. The molecule has 0 aliphatic carbocycles. The number of β-amino-alcohol motifs (C(OH)–C–C–N with tert-alkyl or cyclic N) is 1. The molecule has 6 nitrogen and oxygen atoms in total. The zero-order chi connectivity index (χ0) is 15.8. The van der Waals surface area contributed by atoms with E-state index in [1.54, 1.807) is 6.92 Å². The first-order chi connectivity index (χ1) is 10.6. The number of nitrogens with one attached hydrogen (secondary N) is 1. The maximum absolute atomic E-state index is 11.7. The van der Waals surface area contributed by atoms with E-state index in [0.717, 1.165) is 18.7 Å². The van der Waals surface area contributed by atoms with Crippen LogP contribution < -0.4 is 5.32 Å². The van der Waals surface area contributed by atoms with Crippen molar-refractivity contribution in [1.29, 1.82) is 0 Å². The molecule has 122 valence electrons. The zero-order valence-electron chi connectivity index (χ0n) is 13.0. The lowest BCUT2D eigenvalue weighted by atomic mass is 10.1. The second-order valence-corrected chi connectivity index (χ2v) is 5.80. The van der Waals surface area contributed by atoms with Crippen molar-refractivity contribution in [2.45, 2.75) is 19.1 Å². The Kier molecular flexibility index (Phi) is 6.18. The second kappa shape index (κ2) is 8.12. The predicted octanol–water partition coefficient (Wildman–Crippen LogP) is 0.996. The topological polar surface area (TPSA) is 71.0 Å². The van der Waals surface area contributed by atoms with Gasteiger partial charge in [0.05, 0.1) is 25.4 Å². The number of hydrogen-bond acceptors (Lipinski definition) is 5. The Labute approximate surface area is 131 Å². The number of morpholine rings is 1. The summed E-state index contributed by atoms with van der Waals surface area (Å²) < 4.78 is 10.4. The molecule has 0 radical (unpaired) electrons. The summed E-state index contributed by atoms with van der Waals surface area (Å²) in [7, 11) is 0. The highest BCUT2D eigenvalue weighted by atomic mass is 16.5. The fraction of sp³-hybridized carbons (Fsp3) is 0.562. The second-order valence-electron chi connectivity index (χ2n) is 5.80. The fourth-order valence-corrected chi connectivity index (χ4v) is 2.33. The first kappa shape index (κ1) is 16.7. The number of carbonyl (C=O) groups excluding carboxylic acids is 1. The van der Waals surface area contributed by atoms with E-state index in [-0.39, 0.29) is 13.2 Å². The van der Waals surface area contributed by atoms with Gasteiger partial charge in [-0.2, -0.15) is 0 Å². The van der Waals surface area contributed by atoms with Gasteiger partial charge in [-0.25, -0.2) is 4.79 Å². The Bertz CT molecular complexity index is 458. The van der Waals surface area contributed by atoms with E-state index in [0.29, 0.717) is 19.8 Å². The van der Waals surface area contributed by atoms with Gasteiger partial charge >= 0.3 is 6.09 Å². The summed E-state index contributed by atoms with van der Waals surface area (Å²) in [5.41, 5.74) is -0.0685. The molecule has 1 fully saturated rings. The van der Waals surface area contributed by atoms with Crippen LogP contribution in [0.3, 0.4) is 0 Å². The molecule has 2 N–H and O–H groups in total. The van der Waals surface area contributed by atoms with Crippen molar-refractivity contribution < 1.29 is 19.4 Å². The fourth-order valence-electron chi connectivity index (χ4n) is 2.33. The van der Waals surface area contributed by atoms with E-state index in [2.05, 4.69) is 10.2 Å². The molecular formula is C16H24N2O4. The molecule has 0 spiro atoms. The van der Waals surface area contributed by atoms with Crippen LogP contribution in [0, 0.1) is 0 Å². The zero-order valence-corrected chi connectivity index (χ0v) is 13.0. The van der Waals surface area contributed by atoms with Gasteiger partial charge in [0.2, 0.25) is 0 Å².